The van der Waals surface area contributed by atoms with E-state index in [4.69, 9.17) is 25.8 Å². The molecule has 11 nitrogen and oxygen atoms in total. The third-order valence-electron chi connectivity index (χ3n) is 8.09. The van der Waals surface area contributed by atoms with E-state index in [2.05, 4.69) is 21.6 Å². The highest BCUT2D eigenvalue weighted by atomic mass is 35.5. The molecule has 2 aromatic rings. The van der Waals surface area contributed by atoms with Crippen molar-refractivity contribution in [3.05, 3.63) is 42.1 Å². The van der Waals surface area contributed by atoms with E-state index in [1.807, 2.05) is 0 Å². The number of thiol groups is 1. The van der Waals surface area contributed by atoms with Crippen LogP contribution in [0.2, 0.25) is 5.02 Å². The van der Waals surface area contributed by atoms with Gasteiger partial charge in [-0.15, -0.1) is 6.58 Å². The lowest BCUT2D eigenvalue weighted by Crippen LogP contribution is -2.57. The largest absolute Gasteiger partial charge is 0.494 e. The number of nitrogens with one attached hydrogen (secondary N) is 2. The van der Waals surface area contributed by atoms with E-state index in [1.165, 1.54) is 11.1 Å². The van der Waals surface area contributed by atoms with Crippen LogP contribution in [0.3, 0.4) is 0 Å². The molecule has 2 aliphatic carbocycles. The minimum atomic E-state index is -2.92. The second-order valence-electron chi connectivity index (χ2n) is 12.6. The van der Waals surface area contributed by atoms with Crippen molar-refractivity contribution in [2.75, 3.05) is 19.9 Å². The highest BCUT2D eigenvalue weighted by molar-refractivity contribution is 8.01. The fourth-order valence-electron chi connectivity index (χ4n) is 5.53. The van der Waals surface area contributed by atoms with Crippen LogP contribution in [0.1, 0.15) is 46.5 Å². The molecule has 0 radical (unpaired) electrons. The summed E-state index contributed by atoms with van der Waals surface area (Å²) in [6.07, 6.45) is 5.44. The monoisotopic (exact) mass is 634 g/mol. The van der Waals surface area contributed by atoms with Gasteiger partial charge in [0, 0.05) is 39.6 Å². The topological polar surface area (TPSA) is 136 Å². The molecular formula is C30H39ClN4O7S. The molecule has 13 heteroatoms. The summed E-state index contributed by atoms with van der Waals surface area (Å²) in [7, 11) is -1.38. The van der Waals surface area contributed by atoms with Crippen LogP contribution >= 0.6 is 11.6 Å². The zero-order valence-electron chi connectivity index (χ0n) is 25.0. The van der Waals surface area contributed by atoms with Crippen LogP contribution in [0.15, 0.2) is 37.1 Å². The third kappa shape index (κ3) is 6.45. The predicted octanol–water partition coefficient (Wildman–Crippen LogP) is 3.55. The number of hydrogen-bond acceptors (Lipinski definition) is 8. The van der Waals surface area contributed by atoms with E-state index in [0.717, 1.165) is 18.2 Å². The average Bonchev–Trinajstić information content (AvgIpc) is 3.85. The van der Waals surface area contributed by atoms with Crippen LogP contribution in [0, 0.1) is 5.92 Å². The van der Waals surface area contributed by atoms with Gasteiger partial charge < -0.3 is 19.5 Å². The summed E-state index contributed by atoms with van der Waals surface area (Å²) < 4.78 is 33.1. The van der Waals surface area contributed by atoms with Gasteiger partial charge in [-0.1, -0.05) is 17.7 Å². The number of nitrogens with zero attached hydrogens (tertiary/aromatic N) is 2. The van der Waals surface area contributed by atoms with Crippen molar-refractivity contribution in [3.8, 4) is 11.6 Å². The number of pyridine rings is 1. The molecule has 5 rings (SSSR count). The first-order valence-electron chi connectivity index (χ1n) is 14.3. The maximum absolute atomic E-state index is 13.8. The molecule has 2 saturated carbocycles. The molecule has 0 spiro atoms. The fraction of sp³-hybridized carbons (Fsp3) is 0.533. The Balaban J connectivity index is 1.39. The number of amides is 3. The minimum absolute atomic E-state index is 0.0296. The Kier molecular flexibility index (Phi) is 8.14. The lowest BCUT2D eigenvalue weighted by Gasteiger charge is -2.30. The Labute approximate surface area is 257 Å². The van der Waals surface area contributed by atoms with Crippen molar-refractivity contribution in [1.82, 2.24) is 19.9 Å². The van der Waals surface area contributed by atoms with Crippen LogP contribution in [-0.4, -0.2) is 80.4 Å². The van der Waals surface area contributed by atoms with Crippen LogP contribution in [0.5, 0.6) is 11.6 Å². The summed E-state index contributed by atoms with van der Waals surface area (Å²) in [5.74, 6) is -0.551. The summed E-state index contributed by atoms with van der Waals surface area (Å²) >= 11 is 6.27. The Morgan fingerprint density at radius 1 is 1.23 bits per heavy atom. The standard InChI is InChI=1S/C30H39ClN4O7S/c1-7-17-14-30(17,27(37)34-43(6,39)20-9-10-20)33-25(36)23-13-19(16-35(23)28(38)42-29(2,3)4)41-26-22-12-18(31)8-11-21(22)24(40-5)15-32-26/h7-8,11-12,15,17,19-20,23,43H,1,9-10,13-14,16H2,2-6H3,(H,33,36)(H,34,37,39)/t17-,19-,23+,30-/m1/s1. The molecular weight excluding hydrogens is 596 g/mol. The van der Waals surface area contributed by atoms with E-state index < -0.39 is 51.3 Å². The second-order valence-corrected chi connectivity index (χ2v) is 16.0. The van der Waals surface area contributed by atoms with Gasteiger partial charge in [-0.3, -0.25) is 23.4 Å². The number of benzene rings is 1. The number of fused-ring (bicyclic) bond motifs is 1. The van der Waals surface area contributed by atoms with Gasteiger partial charge >= 0.3 is 6.09 Å². The molecule has 0 bridgehead atoms. The average molecular weight is 635 g/mol. The maximum atomic E-state index is 13.8. The lowest BCUT2D eigenvalue weighted by molar-refractivity contribution is -0.131. The van der Waals surface area contributed by atoms with Gasteiger partial charge in [0.05, 0.1) is 19.9 Å². The summed E-state index contributed by atoms with van der Waals surface area (Å²) in [5, 5.41) is 4.69. The Morgan fingerprint density at radius 2 is 1.95 bits per heavy atom. The SMILES string of the molecule is C=C[C@@H]1C[C@]1(NC(=O)[C@@H]1C[C@@H](Oc2ncc(OC)c3ccc(Cl)cc23)CN1C(=O)OC(C)(C)C)C(=O)N[SH](C)(=O)C1CC1. The fourth-order valence-corrected chi connectivity index (χ4v) is 7.62. The summed E-state index contributed by atoms with van der Waals surface area (Å²) in [6.45, 7) is 9.06. The van der Waals surface area contributed by atoms with Gasteiger partial charge in [-0.05, 0) is 68.4 Å². The number of rotatable bonds is 9. The van der Waals surface area contributed by atoms with Crippen LogP contribution in [0.25, 0.3) is 10.8 Å². The second kappa shape index (κ2) is 11.3. The highest BCUT2D eigenvalue weighted by Crippen LogP contribution is 2.46. The Hall–Kier alpha value is -3.38. The van der Waals surface area contributed by atoms with E-state index in [1.54, 1.807) is 58.4 Å². The van der Waals surface area contributed by atoms with Gasteiger partial charge in [-0.2, -0.15) is 0 Å². The molecule has 3 aliphatic rings. The molecule has 1 aliphatic heterocycles. The van der Waals surface area contributed by atoms with Gasteiger partial charge in [0.2, 0.25) is 11.8 Å². The van der Waals surface area contributed by atoms with Crippen molar-refractivity contribution in [1.29, 1.82) is 0 Å². The molecule has 43 heavy (non-hydrogen) atoms. The minimum Gasteiger partial charge on any atom is -0.494 e. The number of hydrogen-bond donors (Lipinski definition) is 3. The predicted molar refractivity (Wildman–Crippen MR) is 165 cm³/mol. The van der Waals surface area contributed by atoms with Crippen molar-refractivity contribution >= 4 is 50.4 Å². The first-order valence-corrected chi connectivity index (χ1v) is 16.9. The quantitative estimate of drug-likeness (QED) is 0.282. The van der Waals surface area contributed by atoms with Crippen molar-refractivity contribution in [2.45, 2.75) is 75.0 Å². The van der Waals surface area contributed by atoms with Crippen molar-refractivity contribution in [2.24, 2.45) is 5.92 Å². The van der Waals surface area contributed by atoms with Crippen LogP contribution < -0.4 is 19.5 Å². The summed E-state index contributed by atoms with van der Waals surface area (Å²) in [4.78, 5) is 46.3. The molecule has 3 amide bonds. The molecule has 2 N–H and O–H groups in total. The molecule has 4 atom stereocenters. The number of likely N-dealkylation sites (tertiary alicyclic amines) is 1. The molecule has 234 valence electrons. The van der Waals surface area contributed by atoms with E-state index in [0.29, 0.717) is 22.6 Å². The number of methoxy groups -OCH3 is 1. The first kappa shape index (κ1) is 31.1. The highest BCUT2D eigenvalue weighted by Gasteiger charge is 2.61. The van der Waals surface area contributed by atoms with E-state index in [-0.39, 0.29) is 30.0 Å². The Morgan fingerprint density at radius 3 is 2.56 bits per heavy atom. The Bertz CT molecular complexity index is 1520. The van der Waals surface area contributed by atoms with Gasteiger partial charge in [0.1, 0.15) is 29.0 Å². The maximum Gasteiger partial charge on any atom is 0.411 e. The number of carbonyl (C=O) groups excluding carboxylic acids is 3. The number of carbonyl (C=O) groups is 3. The van der Waals surface area contributed by atoms with E-state index in [9.17, 15) is 18.6 Å². The van der Waals surface area contributed by atoms with Crippen LogP contribution in [-0.2, 0) is 24.4 Å². The number of ether oxygens (including phenoxy) is 3. The van der Waals surface area contributed by atoms with Crippen molar-refractivity contribution < 1.29 is 32.8 Å². The van der Waals surface area contributed by atoms with Gasteiger partial charge in [0.15, 0.2) is 0 Å². The molecule has 3 fully saturated rings. The zero-order chi connectivity index (χ0) is 31.3. The summed E-state index contributed by atoms with van der Waals surface area (Å²) in [6, 6.07) is 4.25. The molecule has 0 unspecified atom stereocenters. The lowest BCUT2D eigenvalue weighted by atomic mass is 10.1. The molecule has 1 aromatic heterocycles. The molecule has 2 heterocycles. The first-order chi connectivity index (χ1) is 20.2. The molecule has 1 aromatic carbocycles. The van der Waals surface area contributed by atoms with Crippen molar-refractivity contribution in [3.63, 3.8) is 0 Å². The smallest absolute Gasteiger partial charge is 0.411 e. The van der Waals surface area contributed by atoms with E-state index >= 15 is 0 Å². The normalized spacial score (nSPS) is 25.5. The van der Waals surface area contributed by atoms with Crippen LogP contribution in [0.4, 0.5) is 4.79 Å². The number of halogens is 1. The number of aromatic nitrogens is 1. The third-order valence-corrected chi connectivity index (χ3v) is 10.9. The summed E-state index contributed by atoms with van der Waals surface area (Å²) in [5.41, 5.74) is -2.10. The van der Waals surface area contributed by atoms with Gasteiger partial charge in [-0.25, -0.2) is 9.78 Å². The van der Waals surface area contributed by atoms with Gasteiger partial charge in [0.25, 0.3) is 5.91 Å². The molecule has 1 saturated heterocycles. The zero-order valence-corrected chi connectivity index (χ0v) is 26.7.